The summed E-state index contributed by atoms with van der Waals surface area (Å²) in [5.41, 5.74) is 0. The van der Waals surface area contributed by atoms with Gasteiger partial charge < -0.3 is 0 Å². The van der Waals surface area contributed by atoms with E-state index in [1.807, 2.05) is 0 Å². The van der Waals surface area contributed by atoms with Gasteiger partial charge in [0.15, 0.2) is 11.5 Å². The van der Waals surface area contributed by atoms with Crippen LogP contribution in [0.3, 0.4) is 0 Å². The van der Waals surface area contributed by atoms with Crippen molar-refractivity contribution in [1.29, 1.82) is 0 Å². The van der Waals surface area contributed by atoms with Gasteiger partial charge in [0.25, 0.3) is 20.2 Å². The number of carbonyl (C=O) groups excluding carboxylic acids is 2. The zero-order valence-corrected chi connectivity index (χ0v) is 9.02. The second-order valence-corrected chi connectivity index (χ2v) is 5.27. The zero-order chi connectivity index (χ0) is 13.0. The van der Waals surface area contributed by atoms with Crippen LogP contribution < -0.4 is 0 Å². The van der Waals surface area contributed by atoms with Crippen LogP contribution in [-0.2, 0) is 39.6 Å². The molecule has 0 bridgehead atoms. The number of hydrogen-bond donors (Lipinski definition) is 2. The molecule has 0 atom stereocenters. The lowest BCUT2D eigenvalue weighted by molar-refractivity contribution is -0.254. The molecule has 0 aromatic heterocycles. The maximum atomic E-state index is 10.5. The summed E-state index contributed by atoms with van der Waals surface area (Å²) in [6.45, 7) is 0. The molecule has 0 fully saturated rings. The Morgan fingerprint density at radius 2 is 1.06 bits per heavy atom. The van der Waals surface area contributed by atoms with E-state index >= 15 is 0 Å². The van der Waals surface area contributed by atoms with Gasteiger partial charge in [-0.1, -0.05) is 0 Å². The largest absolute Gasteiger partial charge is 0.372 e. The van der Waals surface area contributed by atoms with E-state index in [0.29, 0.717) is 0 Å². The first kappa shape index (κ1) is 14.8. The maximum absolute atomic E-state index is 10.5. The lowest BCUT2D eigenvalue weighted by Gasteiger charge is -2.00. The van der Waals surface area contributed by atoms with Crippen molar-refractivity contribution in [3.05, 3.63) is 0 Å². The summed E-state index contributed by atoms with van der Waals surface area (Å²) in [6.07, 6.45) is 0. The minimum Gasteiger partial charge on any atom is -0.285 e. The van der Waals surface area contributed by atoms with Crippen molar-refractivity contribution in [2.45, 2.75) is 0 Å². The van der Waals surface area contributed by atoms with E-state index in [1.54, 1.807) is 0 Å². The van der Waals surface area contributed by atoms with Gasteiger partial charge >= 0.3 is 11.9 Å². The third kappa shape index (κ3) is 9.32. The van der Waals surface area contributed by atoms with Crippen LogP contribution in [-0.4, -0.2) is 49.4 Å². The van der Waals surface area contributed by atoms with Gasteiger partial charge in [0.05, 0.1) is 0 Å². The molecule has 0 aliphatic carbocycles. The molecule has 0 aromatic carbocycles. The number of rotatable bonds is 4. The molecule has 0 amide bonds. The van der Waals surface area contributed by atoms with Crippen molar-refractivity contribution < 1.29 is 45.3 Å². The third-order valence-corrected chi connectivity index (χ3v) is 2.03. The van der Waals surface area contributed by atoms with Gasteiger partial charge in [0, 0.05) is 0 Å². The van der Waals surface area contributed by atoms with Crippen molar-refractivity contribution in [3.8, 4) is 0 Å². The van der Waals surface area contributed by atoms with Gasteiger partial charge in [-0.2, -0.15) is 16.8 Å². The van der Waals surface area contributed by atoms with E-state index in [-0.39, 0.29) is 0 Å². The van der Waals surface area contributed by atoms with E-state index in [1.165, 1.54) is 0 Å². The molecule has 0 aliphatic rings. The molecule has 16 heavy (non-hydrogen) atoms. The summed E-state index contributed by atoms with van der Waals surface area (Å²) in [5, 5.41) is 0. The van der Waals surface area contributed by atoms with Gasteiger partial charge in [-0.15, -0.1) is 0 Å². The highest BCUT2D eigenvalue weighted by Gasteiger charge is 2.20. The Morgan fingerprint density at radius 3 is 1.25 bits per heavy atom. The molecule has 0 heterocycles. The van der Waals surface area contributed by atoms with Crippen molar-refractivity contribution in [2.75, 3.05) is 11.5 Å². The first-order valence-corrected chi connectivity index (χ1v) is 6.52. The molecule has 0 aromatic rings. The van der Waals surface area contributed by atoms with Crippen LogP contribution in [0.5, 0.6) is 0 Å². The fourth-order valence-electron chi connectivity index (χ4n) is 0.439. The SMILES string of the molecule is O=C(CS(=O)(=O)O)OOC(=O)CS(=O)(=O)O. The van der Waals surface area contributed by atoms with E-state index in [2.05, 4.69) is 9.78 Å². The highest BCUT2D eigenvalue weighted by atomic mass is 32.2. The summed E-state index contributed by atoms with van der Waals surface area (Å²) in [7, 11) is -9.28. The third-order valence-electron chi connectivity index (χ3n) is 0.828. The number of hydrogen-bond acceptors (Lipinski definition) is 8. The molecule has 10 nitrogen and oxygen atoms in total. The van der Waals surface area contributed by atoms with Gasteiger partial charge in [-0.05, 0) is 0 Å². The highest BCUT2D eigenvalue weighted by Crippen LogP contribution is 1.91. The predicted octanol–water partition coefficient (Wildman–Crippen LogP) is -2.24. The van der Waals surface area contributed by atoms with Gasteiger partial charge in [-0.25, -0.2) is 19.4 Å². The van der Waals surface area contributed by atoms with Crippen molar-refractivity contribution in [1.82, 2.24) is 0 Å². The predicted molar refractivity (Wildman–Crippen MR) is 45.0 cm³/mol. The Kier molecular flexibility index (Phi) is 4.80. The van der Waals surface area contributed by atoms with Crippen LogP contribution in [0, 0.1) is 0 Å². The second-order valence-electron chi connectivity index (χ2n) is 2.36. The molecule has 12 heteroatoms. The molecule has 0 saturated heterocycles. The summed E-state index contributed by atoms with van der Waals surface area (Å²) < 4.78 is 56.6. The summed E-state index contributed by atoms with van der Waals surface area (Å²) in [4.78, 5) is 28.0. The maximum Gasteiger partial charge on any atom is 0.372 e. The summed E-state index contributed by atoms with van der Waals surface area (Å²) in [5.74, 6) is -6.20. The minimum atomic E-state index is -4.64. The van der Waals surface area contributed by atoms with Gasteiger partial charge in [0.1, 0.15) is 0 Å². The van der Waals surface area contributed by atoms with Crippen LogP contribution >= 0.6 is 0 Å². The van der Waals surface area contributed by atoms with Gasteiger partial charge in [0.2, 0.25) is 0 Å². The molecule has 0 unspecified atom stereocenters. The Morgan fingerprint density at radius 1 is 0.812 bits per heavy atom. The average Bonchev–Trinajstić information content (AvgIpc) is 1.94. The zero-order valence-electron chi connectivity index (χ0n) is 7.39. The fourth-order valence-corrected chi connectivity index (χ4v) is 1.13. The molecule has 0 rings (SSSR count). The minimum absolute atomic E-state index is 1.47. The monoisotopic (exact) mass is 278 g/mol. The quantitative estimate of drug-likeness (QED) is 0.326. The Labute approximate surface area is 89.6 Å². The Bertz CT molecular complexity index is 423. The van der Waals surface area contributed by atoms with Crippen LogP contribution in [0.15, 0.2) is 0 Å². The fraction of sp³-hybridized carbons (Fsp3) is 0.500. The Balaban J connectivity index is 4.08. The van der Waals surface area contributed by atoms with Crippen molar-refractivity contribution in [2.24, 2.45) is 0 Å². The van der Waals surface area contributed by atoms with Crippen LogP contribution in [0.4, 0.5) is 0 Å². The molecule has 2 N–H and O–H groups in total. The van der Waals surface area contributed by atoms with E-state index in [0.717, 1.165) is 0 Å². The molecule has 0 saturated carbocycles. The normalized spacial score (nSPS) is 11.9. The molecule has 0 aliphatic heterocycles. The summed E-state index contributed by atoms with van der Waals surface area (Å²) in [6, 6.07) is 0. The molecule has 94 valence electrons. The lowest BCUT2D eigenvalue weighted by atomic mass is 10.8. The molecule has 0 radical (unpaired) electrons. The van der Waals surface area contributed by atoms with Crippen LogP contribution in [0.2, 0.25) is 0 Å². The van der Waals surface area contributed by atoms with E-state index in [4.69, 9.17) is 9.11 Å². The topological polar surface area (TPSA) is 161 Å². The standard InChI is InChI=1S/C4H6O10S2/c5-3(1-15(7,8)9)13-14-4(6)2-16(10,11)12/h1-2H2,(H,7,8,9)(H,10,11,12). The van der Waals surface area contributed by atoms with Crippen molar-refractivity contribution >= 4 is 32.2 Å². The lowest BCUT2D eigenvalue weighted by Crippen LogP contribution is -2.23. The van der Waals surface area contributed by atoms with E-state index in [9.17, 15) is 26.4 Å². The van der Waals surface area contributed by atoms with E-state index < -0.39 is 43.7 Å². The first-order chi connectivity index (χ1) is 6.99. The second kappa shape index (κ2) is 5.20. The van der Waals surface area contributed by atoms with Crippen LogP contribution in [0.25, 0.3) is 0 Å². The number of carbonyl (C=O) groups is 2. The highest BCUT2D eigenvalue weighted by molar-refractivity contribution is 7.86. The summed E-state index contributed by atoms with van der Waals surface area (Å²) >= 11 is 0. The van der Waals surface area contributed by atoms with Gasteiger partial charge in [-0.3, -0.25) is 9.11 Å². The molecular formula is C4H6O10S2. The van der Waals surface area contributed by atoms with Crippen molar-refractivity contribution in [3.63, 3.8) is 0 Å². The van der Waals surface area contributed by atoms with Crippen LogP contribution in [0.1, 0.15) is 0 Å². The average molecular weight is 278 g/mol. The smallest absolute Gasteiger partial charge is 0.285 e. The molecule has 0 spiro atoms. The molecular weight excluding hydrogens is 272 g/mol. The Hall–Kier alpha value is -1.24. The first-order valence-electron chi connectivity index (χ1n) is 3.30.